The van der Waals surface area contributed by atoms with Crippen LogP contribution in [0.3, 0.4) is 0 Å². The van der Waals surface area contributed by atoms with Crippen molar-refractivity contribution in [1.82, 2.24) is 20.8 Å². The largest absolute Gasteiger partial charge is 0.354 e. The monoisotopic (exact) mass is 329 g/mol. The molecule has 6 nitrogen and oxygen atoms in total. The van der Waals surface area contributed by atoms with Gasteiger partial charge < -0.3 is 15.2 Å². The van der Waals surface area contributed by atoms with Crippen molar-refractivity contribution in [3.8, 4) is 11.5 Å². The Bertz CT molecular complexity index is 665. The molecule has 0 aliphatic heterocycles. The summed E-state index contributed by atoms with van der Waals surface area (Å²) in [4.78, 5) is 8.69. The van der Waals surface area contributed by atoms with Gasteiger partial charge in [-0.2, -0.15) is 4.98 Å². The van der Waals surface area contributed by atoms with E-state index in [2.05, 4.69) is 58.7 Å². The third-order valence-corrected chi connectivity index (χ3v) is 3.79. The first-order valence-corrected chi connectivity index (χ1v) is 8.55. The van der Waals surface area contributed by atoms with Crippen LogP contribution in [-0.2, 0) is 13.0 Å². The fourth-order valence-corrected chi connectivity index (χ4v) is 2.23. The van der Waals surface area contributed by atoms with Crippen LogP contribution in [0.25, 0.3) is 11.5 Å². The van der Waals surface area contributed by atoms with Crippen LogP contribution in [0.4, 0.5) is 0 Å². The first-order chi connectivity index (χ1) is 11.7. The van der Waals surface area contributed by atoms with E-state index in [0.29, 0.717) is 18.5 Å². The highest BCUT2D eigenvalue weighted by Crippen LogP contribution is 2.18. The summed E-state index contributed by atoms with van der Waals surface area (Å²) in [6.07, 6.45) is 2.89. The minimum atomic E-state index is 0.387. The summed E-state index contributed by atoms with van der Waals surface area (Å²) in [6.45, 7) is 7.06. The summed E-state index contributed by atoms with van der Waals surface area (Å²) in [7, 11) is 1.78. The number of aromatic nitrogens is 2. The molecule has 0 radical (unpaired) electrons. The number of rotatable bonds is 7. The molecule has 0 aliphatic carbocycles. The SMILES string of the molecule is CCCc1noc(-c2cccc(CNC(=NC)NC(C)CC)c2)n1. The number of hydrogen-bond acceptors (Lipinski definition) is 4. The Morgan fingerprint density at radius 3 is 2.88 bits per heavy atom. The van der Waals surface area contributed by atoms with Crippen molar-refractivity contribution in [2.45, 2.75) is 52.6 Å². The van der Waals surface area contributed by atoms with Crippen LogP contribution in [0.15, 0.2) is 33.8 Å². The summed E-state index contributed by atoms with van der Waals surface area (Å²) in [6, 6.07) is 8.50. The molecule has 0 aliphatic rings. The van der Waals surface area contributed by atoms with Gasteiger partial charge in [0.2, 0.25) is 0 Å². The zero-order chi connectivity index (χ0) is 17.4. The quantitative estimate of drug-likeness (QED) is 0.603. The van der Waals surface area contributed by atoms with E-state index in [4.69, 9.17) is 4.52 Å². The highest BCUT2D eigenvalue weighted by atomic mass is 16.5. The lowest BCUT2D eigenvalue weighted by Crippen LogP contribution is -2.41. The van der Waals surface area contributed by atoms with E-state index >= 15 is 0 Å². The number of nitrogens with one attached hydrogen (secondary N) is 2. The van der Waals surface area contributed by atoms with Gasteiger partial charge in [0.15, 0.2) is 11.8 Å². The highest BCUT2D eigenvalue weighted by Gasteiger charge is 2.09. The normalized spacial score (nSPS) is 12.9. The lowest BCUT2D eigenvalue weighted by molar-refractivity contribution is 0.422. The van der Waals surface area contributed by atoms with Crippen LogP contribution >= 0.6 is 0 Å². The van der Waals surface area contributed by atoms with E-state index in [9.17, 15) is 0 Å². The zero-order valence-electron chi connectivity index (χ0n) is 15.0. The molecule has 2 N–H and O–H groups in total. The van der Waals surface area contributed by atoms with Crippen LogP contribution in [0, 0.1) is 0 Å². The molecule has 2 aromatic rings. The maximum Gasteiger partial charge on any atom is 0.257 e. The molecule has 24 heavy (non-hydrogen) atoms. The molecule has 1 heterocycles. The van der Waals surface area contributed by atoms with Gasteiger partial charge in [-0.15, -0.1) is 0 Å². The molecule has 1 atom stereocenters. The van der Waals surface area contributed by atoms with Crippen molar-refractivity contribution < 1.29 is 4.52 Å². The molecular formula is C18H27N5O. The number of guanidine groups is 1. The molecule has 0 saturated heterocycles. The molecule has 0 spiro atoms. The van der Waals surface area contributed by atoms with Gasteiger partial charge in [-0.25, -0.2) is 0 Å². The third-order valence-electron chi connectivity index (χ3n) is 3.79. The van der Waals surface area contributed by atoms with E-state index in [1.165, 1.54) is 0 Å². The minimum absolute atomic E-state index is 0.387. The molecule has 130 valence electrons. The smallest absolute Gasteiger partial charge is 0.257 e. The molecule has 0 saturated carbocycles. The minimum Gasteiger partial charge on any atom is -0.354 e. The molecule has 0 bridgehead atoms. The molecule has 0 fully saturated rings. The van der Waals surface area contributed by atoms with E-state index in [1.807, 2.05) is 12.1 Å². The van der Waals surface area contributed by atoms with Gasteiger partial charge in [-0.05, 0) is 37.5 Å². The molecule has 0 amide bonds. The van der Waals surface area contributed by atoms with Crippen LogP contribution in [0.1, 0.15) is 45.0 Å². The van der Waals surface area contributed by atoms with E-state index in [1.54, 1.807) is 7.05 Å². The first kappa shape index (κ1) is 18.0. The predicted molar refractivity (Wildman–Crippen MR) is 96.8 cm³/mol. The number of hydrogen-bond donors (Lipinski definition) is 2. The lowest BCUT2D eigenvalue weighted by atomic mass is 10.1. The van der Waals surface area contributed by atoms with Crippen LogP contribution in [-0.4, -0.2) is 29.2 Å². The Hall–Kier alpha value is -2.37. The van der Waals surface area contributed by atoms with E-state index in [0.717, 1.165) is 42.2 Å². The van der Waals surface area contributed by atoms with Gasteiger partial charge in [0.1, 0.15) is 0 Å². The maximum absolute atomic E-state index is 5.35. The number of aryl methyl sites for hydroxylation is 1. The van der Waals surface area contributed by atoms with E-state index < -0.39 is 0 Å². The van der Waals surface area contributed by atoms with Crippen molar-refractivity contribution in [3.05, 3.63) is 35.7 Å². The molecule has 2 rings (SSSR count). The summed E-state index contributed by atoms with van der Waals surface area (Å²) in [5.41, 5.74) is 2.07. The summed E-state index contributed by atoms with van der Waals surface area (Å²) >= 11 is 0. The predicted octanol–water partition coefficient (Wildman–Crippen LogP) is 3.15. The third kappa shape index (κ3) is 5.08. The average Bonchev–Trinajstić information content (AvgIpc) is 3.07. The van der Waals surface area contributed by atoms with Gasteiger partial charge in [-0.1, -0.05) is 31.1 Å². The van der Waals surface area contributed by atoms with Crippen molar-refractivity contribution >= 4 is 5.96 Å². The summed E-state index contributed by atoms with van der Waals surface area (Å²) < 4.78 is 5.35. The molecule has 1 unspecified atom stereocenters. The Labute approximate surface area is 143 Å². The second kappa shape index (κ2) is 9.05. The fourth-order valence-electron chi connectivity index (χ4n) is 2.23. The average molecular weight is 329 g/mol. The number of nitrogens with zero attached hydrogens (tertiary/aromatic N) is 3. The number of aliphatic imine (C=N–C) groups is 1. The second-order valence-electron chi connectivity index (χ2n) is 5.85. The topological polar surface area (TPSA) is 75.3 Å². The van der Waals surface area contributed by atoms with Gasteiger partial charge in [0.25, 0.3) is 5.89 Å². The summed E-state index contributed by atoms with van der Waals surface area (Å²) in [5, 5.41) is 10.7. The Morgan fingerprint density at radius 2 is 2.17 bits per heavy atom. The molecule has 6 heteroatoms. The molecule has 1 aromatic carbocycles. The second-order valence-corrected chi connectivity index (χ2v) is 5.85. The van der Waals surface area contributed by atoms with Crippen molar-refractivity contribution in [2.24, 2.45) is 4.99 Å². The Balaban J connectivity index is 2.01. The Morgan fingerprint density at radius 1 is 1.33 bits per heavy atom. The van der Waals surface area contributed by atoms with Crippen LogP contribution in [0.5, 0.6) is 0 Å². The van der Waals surface area contributed by atoms with Gasteiger partial charge >= 0.3 is 0 Å². The van der Waals surface area contributed by atoms with Crippen molar-refractivity contribution in [2.75, 3.05) is 7.05 Å². The molecular weight excluding hydrogens is 302 g/mol. The molecule has 1 aromatic heterocycles. The van der Waals surface area contributed by atoms with Gasteiger partial charge in [0, 0.05) is 31.6 Å². The summed E-state index contributed by atoms with van der Waals surface area (Å²) in [5.74, 6) is 2.13. The van der Waals surface area contributed by atoms with Crippen molar-refractivity contribution in [3.63, 3.8) is 0 Å². The van der Waals surface area contributed by atoms with Gasteiger partial charge in [0.05, 0.1) is 0 Å². The van der Waals surface area contributed by atoms with E-state index in [-0.39, 0.29) is 0 Å². The first-order valence-electron chi connectivity index (χ1n) is 8.55. The fraction of sp³-hybridized carbons (Fsp3) is 0.500. The maximum atomic E-state index is 5.35. The number of benzene rings is 1. The lowest BCUT2D eigenvalue weighted by Gasteiger charge is -2.16. The highest BCUT2D eigenvalue weighted by molar-refractivity contribution is 5.79. The standard InChI is InChI=1S/C18H27N5O/c1-5-8-16-22-17(24-23-16)15-10-7-9-14(11-15)12-20-18(19-4)21-13(3)6-2/h7,9-11,13H,5-6,8,12H2,1-4H3,(H2,19,20,21). The van der Waals surface area contributed by atoms with Gasteiger partial charge in [-0.3, -0.25) is 4.99 Å². The zero-order valence-corrected chi connectivity index (χ0v) is 15.0. The van der Waals surface area contributed by atoms with Crippen LogP contribution < -0.4 is 10.6 Å². The van der Waals surface area contributed by atoms with Crippen LogP contribution in [0.2, 0.25) is 0 Å². The van der Waals surface area contributed by atoms with Crippen molar-refractivity contribution in [1.29, 1.82) is 0 Å². The Kier molecular flexibility index (Phi) is 6.78.